The van der Waals surface area contributed by atoms with Crippen LogP contribution in [0.15, 0.2) is 12.4 Å². The zero-order valence-corrected chi connectivity index (χ0v) is 17.2. The van der Waals surface area contributed by atoms with E-state index in [1.165, 1.54) is 0 Å². The van der Waals surface area contributed by atoms with Crippen LogP contribution in [0.3, 0.4) is 0 Å². The predicted octanol–water partition coefficient (Wildman–Crippen LogP) is 1.48. The van der Waals surface area contributed by atoms with Gasteiger partial charge in [0.25, 0.3) is 0 Å². The Morgan fingerprint density at radius 2 is 1.96 bits per heavy atom. The molecule has 2 saturated heterocycles. The van der Waals surface area contributed by atoms with Gasteiger partial charge in [-0.3, -0.25) is 14.3 Å². The second kappa shape index (κ2) is 9.52. The van der Waals surface area contributed by atoms with Gasteiger partial charge in [0.1, 0.15) is 6.54 Å². The molecule has 0 radical (unpaired) electrons. The summed E-state index contributed by atoms with van der Waals surface area (Å²) in [6, 6.07) is 0. The average Bonchev–Trinajstić information content (AvgIpc) is 3.08. The van der Waals surface area contributed by atoms with Crippen LogP contribution in [0.5, 0.6) is 0 Å². The molecule has 2 fully saturated rings. The van der Waals surface area contributed by atoms with E-state index in [-0.39, 0.29) is 30.6 Å². The van der Waals surface area contributed by atoms with Gasteiger partial charge in [0.2, 0.25) is 11.8 Å². The zero-order chi connectivity index (χ0) is 20.1. The number of ether oxygens (including phenoxy) is 1. The first kappa shape index (κ1) is 20.8. The molecular weight excluding hydrogens is 358 g/mol. The monoisotopic (exact) mass is 391 g/mol. The second-order valence-corrected chi connectivity index (χ2v) is 8.30. The molecule has 2 N–H and O–H groups in total. The molecule has 0 saturated carbocycles. The highest BCUT2D eigenvalue weighted by Gasteiger charge is 2.26. The molecule has 1 aromatic heterocycles. The van der Waals surface area contributed by atoms with Gasteiger partial charge in [-0.1, -0.05) is 6.92 Å². The van der Waals surface area contributed by atoms with Crippen molar-refractivity contribution >= 4 is 17.5 Å². The van der Waals surface area contributed by atoms with Gasteiger partial charge in [0, 0.05) is 25.7 Å². The number of rotatable bonds is 6. The van der Waals surface area contributed by atoms with E-state index < -0.39 is 0 Å². The number of anilines is 1. The van der Waals surface area contributed by atoms with E-state index in [0.29, 0.717) is 37.0 Å². The van der Waals surface area contributed by atoms with Crippen LogP contribution in [-0.2, 0) is 20.9 Å². The summed E-state index contributed by atoms with van der Waals surface area (Å²) in [6.45, 7) is 9.55. The molecule has 2 aliphatic rings. The van der Waals surface area contributed by atoms with Crippen LogP contribution >= 0.6 is 0 Å². The normalized spacial score (nSPS) is 24.8. The number of hydrogen-bond donors (Lipinski definition) is 2. The first-order valence-electron chi connectivity index (χ1n) is 10.4. The van der Waals surface area contributed by atoms with Crippen LogP contribution in [0.2, 0.25) is 0 Å². The second-order valence-electron chi connectivity index (χ2n) is 8.30. The molecular formula is C20H33N5O3. The molecule has 156 valence electrons. The molecule has 0 bridgehead atoms. The maximum atomic E-state index is 12.5. The highest BCUT2D eigenvalue weighted by atomic mass is 16.5. The third-order valence-electron chi connectivity index (χ3n) is 5.68. The number of nitrogens with one attached hydrogen (secondary N) is 2. The van der Waals surface area contributed by atoms with Crippen molar-refractivity contribution in [3.8, 4) is 0 Å². The maximum absolute atomic E-state index is 12.5. The molecule has 3 atom stereocenters. The highest BCUT2D eigenvalue weighted by Crippen LogP contribution is 2.24. The third kappa shape index (κ3) is 5.78. The molecule has 2 aliphatic heterocycles. The summed E-state index contributed by atoms with van der Waals surface area (Å²) >= 11 is 0. The summed E-state index contributed by atoms with van der Waals surface area (Å²) in [4.78, 5) is 26.7. The molecule has 3 rings (SSSR count). The van der Waals surface area contributed by atoms with Crippen molar-refractivity contribution < 1.29 is 14.3 Å². The van der Waals surface area contributed by atoms with E-state index in [2.05, 4.69) is 22.7 Å². The highest BCUT2D eigenvalue weighted by molar-refractivity contribution is 5.90. The first-order valence-corrected chi connectivity index (χ1v) is 10.4. The molecule has 8 heteroatoms. The Morgan fingerprint density at radius 3 is 2.64 bits per heavy atom. The van der Waals surface area contributed by atoms with Gasteiger partial charge < -0.3 is 20.3 Å². The smallest absolute Gasteiger partial charge is 0.244 e. The number of hydrogen-bond acceptors (Lipinski definition) is 5. The lowest BCUT2D eigenvalue weighted by molar-refractivity contribution is -0.144. The predicted molar refractivity (Wildman–Crippen MR) is 107 cm³/mol. The number of piperidine rings is 1. The Balaban J connectivity index is 1.46. The average molecular weight is 392 g/mol. The Hall–Kier alpha value is -1.93. The molecule has 3 unspecified atom stereocenters. The minimum Gasteiger partial charge on any atom is -0.372 e. The Morgan fingerprint density at radius 1 is 1.29 bits per heavy atom. The third-order valence-corrected chi connectivity index (χ3v) is 5.68. The minimum atomic E-state index is 0.00716. The lowest BCUT2D eigenvalue weighted by Crippen LogP contribution is -2.49. The number of carbonyl (C=O) groups excluding carboxylic acids is 2. The van der Waals surface area contributed by atoms with Crippen molar-refractivity contribution in [3.05, 3.63) is 12.4 Å². The minimum absolute atomic E-state index is 0.00716. The Bertz CT molecular complexity index is 661. The largest absolute Gasteiger partial charge is 0.372 e. The lowest BCUT2D eigenvalue weighted by Gasteiger charge is -2.35. The SMILES string of the molecule is CC1CN(C(=O)Cn2cc(NC(=O)CC(C)C3CCNCC3)cn2)CC(C)O1. The lowest BCUT2D eigenvalue weighted by atomic mass is 9.84. The van der Waals surface area contributed by atoms with E-state index in [4.69, 9.17) is 4.74 Å². The van der Waals surface area contributed by atoms with Crippen molar-refractivity contribution in [2.75, 3.05) is 31.5 Å². The fourth-order valence-electron chi connectivity index (χ4n) is 4.22. The van der Waals surface area contributed by atoms with Crippen LogP contribution in [0.25, 0.3) is 0 Å². The van der Waals surface area contributed by atoms with Gasteiger partial charge in [0.05, 0.1) is 24.1 Å². The van der Waals surface area contributed by atoms with E-state index in [1.807, 2.05) is 18.7 Å². The number of amides is 2. The van der Waals surface area contributed by atoms with E-state index >= 15 is 0 Å². The van der Waals surface area contributed by atoms with Crippen LogP contribution in [0.4, 0.5) is 5.69 Å². The fraction of sp³-hybridized carbons (Fsp3) is 0.750. The van der Waals surface area contributed by atoms with Crippen LogP contribution in [-0.4, -0.2) is 64.9 Å². The molecule has 3 heterocycles. The molecule has 2 amide bonds. The first-order chi connectivity index (χ1) is 13.4. The van der Waals surface area contributed by atoms with E-state index in [1.54, 1.807) is 17.1 Å². The van der Waals surface area contributed by atoms with Gasteiger partial charge in [-0.25, -0.2) is 0 Å². The standard InChI is InChI=1S/C20H33N5O3/c1-14(17-4-6-21-7-5-17)8-19(26)23-18-9-22-25(12-18)13-20(27)24-10-15(2)28-16(3)11-24/h9,12,14-17,21H,4-8,10-11,13H2,1-3H3,(H,23,26). The van der Waals surface area contributed by atoms with Crippen LogP contribution in [0, 0.1) is 11.8 Å². The quantitative estimate of drug-likeness (QED) is 0.767. The summed E-state index contributed by atoms with van der Waals surface area (Å²) in [5.74, 6) is 0.991. The van der Waals surface area contributed by atoms with Crippen molar-refractivity contribution in [3.63, 3.8) is 0 Å². The molecule has 28 heavy (non-hydrogen) atoms. The van der Waals surface area contributed by atoms with Gasteiger partial charge in [-0.15, -0.1) is 0 Å². The van der Waals surface area contributed by atoms with Crippen molar-refractivity contribution in [1.82, 2.24) is 20.0 Å². The number of nitrogens with zero attached hydrogens (tertiary/aromatic N) is 3. The van der Waals surface area contributed by atoms with Crippen LogP contribution in [0.1, 0.15) is 40.0 Å². The summed E-state index contributed by atoms with van der Waals surface area (Å²) in [7, 11) is 0. The number of morpholine rings is 1. The van der Waals surface area contributed by atoms with E-state index in [9.17, 15) is 9.59 Å². The molecule has 0 spiro atoms. The number of aromatic nitrogens is 2. The van der Waals surface area contributed by atoms with Crippen molar-refractivity contribution in [1.29, 1.82) is 0 Å². The van der Waals surface area contributed by atoms with Crippen molar-refractivity contribution in [2.45, 2.75) is 58.8 Å². The molecule has 0 aromatic carbocycles. The summed E-state index contributed by atoms with van der Waals surface area (Å²) < 4.78 is 7.25. The summed E-state index contributed by atoms with van der Waals surface area (Å²) in [5, 5.41) is 10.5. The van der Waals surface area contributed by atoms with E-state index in [0.717, 1.165) is 25.9 Å². The van der Waals surface area contributed by atoms with Gasteiger partial charge in [-0.05, 0) is 51.6 Å². The molecule has 0 aliphatic carbocycles. The van der Waals surface area contributed by atoms with Gasteiger partial charge >= 0.3 is 0 Å². The topological polar surface area (TPSA) is 88.5 Å². The maximum Gasteiger partial charge on any atom is 0.244 e. The Kier molecular flexibility index (Phi) is 7.07. The fourth-order valence-corrected chi connectivity index (χ4v) is 4.22. The van der Waals surface area contributed by atoms with Gasteiger partial charge in [0.15, 0.2) is 0 Å². The van der Waals surface area contributed by atoms with Crippen molar-refractivity contribution in [2.24, 2.45) is 11.8 Å². The van der Waals surface area contributed by atoms with Gasteiger partial charge in [-0.2, -0.15) is 5.10 Å². The molecule has 1 aromatic rings. The zero-order valence-electron chi connectivity index (χ0n) is 17.2. The summed E-state index contributed by atoms with van der Waals surface area (Å²) in [6.07, 6.45) is 6.19. The number of carbonyl (C=O) groups is 2. The van der Waals surface area contributed by atoms with Crippen LogP contribution < -0.4 is 10.6 Å². The summed E-state index contributed by atoms with van der Waals surface area (Å²) in [5.41, 5.74) is 0.638. The Labute approximate surface area is 167 Å². The molecule has 8 nitrogen and oxygen atoms in total.